The van der Waals surface area contributed by atoms with E-state index in [0.717, 1.165) is 17.8 Å². The van der Waals surface area contributed by atoms with E-state index in [-0.39, 0.29) is 5.41 Å². The molecule has 0 fully saturated rings. The highest BCUT2D eigenvalue weighted by molar-refractivity contribution is 5.83. The molecule has 0 unspecified atom stereocenters. The minimum Gasteiger partial charge on any atom is -0.356 e. The van der Waals surface area contributed by atoms with Gasteiger partial charge in [0.2, 0.25) is 0 Å². The fourth-order valence-corrected chi connectivity index (χ4v) is 5.22. The number of fused-ring (bicyclic) bond motifs is 3. The van der Waals surface area contributed by atoms with Crippen molar-refractivity contribution >= 4 is 17.5 Å². The van der Waals surface area contributed by atoms with E-state index in [4.69, 9.17) is 0 Å². The summed E-state index contributed by atoms with van der Waals surface area (Å²) in [7, 11) is 0. The summed E-state index contributed by atoms with van der Waals surface area (Å²) >= 11 is 0. The summed E-state index contributed by atoms with van der Waals surface area (Å²) in [5.74, 6) is 0. The number of nitrogens with one attached hydrogen (secondary N) is 1. The fourth-order valence-electron chi connectivity index (χ4n) is 5.22. The topological polar surface area (TPSA) is 12.0 Å². The van der Waals surface area contributed by atoms with E-state index in [1.54, 1.807) is 0 Å². The molecule has 1 heteroatoms. The van der Waals surface area contributed by atoms with Crippen LogP contribution in [-0.4, -0.2) is 0 Å². The smallest absolute Gasteiger partial charge is 0.0387 e. The molecule has 198 valence electrons. The van der Waals surface area contributed by atoms with E-state index < -0.39 is 0 Å². The van der Waals surface area contributed by atoms with E-state index in [1.807, 2.05) is 18.2 Å². The maximum Gasteiger partial charge on any atom is 0.0387 e. The van der Waals surface area contributed by atoms with Crippen LogP contribution in [0.15, 0.2) is 110 Å². The molecule has 39 heavy (non-hydrogen) atoms. The van der Waals surface area contributed by atoms with Crippen LogP contribution in [0.25, 0.3) is 28.3 Å². The highest BCUT2D eigenvalue weighted by Gasteiger charge is 2.35. The Bertz CT molecular complexity index is 1500. The lowest BCUT2D eigenvalue weighted by Crippen LogP contribution is -2.15. The molecule has 1 nitrogen and oxygen atoms in total. The van der Waals surface area contributed by atoms with Crippen LogP contribution in [-0.2, 0) is 5.41 Å². The number of allylic oxidation sites excluding steroid dienone is 3. The molecule has 4 aromatic carbocycles. The summed E-state index contributed by atoms with van der Waals surface area (Å²) in [6, 6.07) is 28.9. The van der Waals surface area contributed by atoms with Gasteiger partial charge in [-0.25, -0.2) is 0 Å². The van der Waals surface area contributed by atoms with Crippen molar-refractivity contribution in [2.75, 3.05) is 5.32 Å². The number of unbranched alkanes of at least 4 members (excludes halogenated alkanes) is 1. The minimum absolute atomic E-state index is 0.00142. The van der Waals surface area contributed by atoms with Crippen molar-refractivity contribution in [3.63, 3.8) is 0 Å². The molecule has 1 aliphatic rings. The minimum atomic E-state index is 0.00142. The van der Waals surface area contributed by atoms with E-state index in [0.29, 0.717) is 0 Å². The van der Waals surface area contributed by atoms with Gasteiger partial charge in [-0.1, -0.05) is 112 Å². The lowest BCUT2D eigenvalue weighted by atomic mass is 9.82. The molecule has 0 saturated heterocycles. The monoisotopic (exact) mass is 511 g/mol. The van der Waals surface area contributed by atoms with Crippen LogP contribution in [0, 0.1) is 13.8 Å². The second-order valence-electron chi connectivity index (χ2n) is 10.9. The van der Waals surface area contributed by atoms with Crippen LogP contribution >= 0.6 is 0 Å². The van der Waals surface area contributed by atoms with Gasteiger partial charge >= 0.3 is 0 Å². The molecular formula is C38H41N. The van der Waals surface area contributed by atoms with Crippen molar-refractivity contribution in [2.45, 2.75) is 52.9 Å². The number of hydrogen-bond acceptors (Lipinski definition) is 1. The molecule has 1 N–H and O–H groups in total. The second-order valence-corrected chi connectivity index (χ2v) is 10.9. The van der Waals surface area contributed by atoms with Gasteiger partial charge in [-0.05, 0) is 95.1 Å². The predicted octanol–water partition coefficient (Wildman–Crippen LogP) is 11.2. The predicted molar refractivity (Wildman–Crippen MR) is 173 cm³/mol. The number of aryl methyl sites for hydroxylation is 2. The number of hydrogen-bond donors (Lipinski definition) is 1. The summed E-state index contributed by atoms with van der Waals surface area (Å²) in [6.45, 7) is 18.4. The van der Waals surface area contributed by atoms with Gasteiger partial charge in [-0.2, -0.15) is 0 Å². The largest absolute Gasteiger partial charge is 0.356 e. The van der Waals surface area contributed by atoms with E-state index in [9.17, 15) is 0 Å². The quantitative estimate of drug-likeness (QED) is 0.192. The number of anilines is 2. The summed E-state index contributed by atoms with van der Waals surface area (Å²) in [5, 5.41) is 3.61. The SMILES string of the molecule is C=C/C=C\c1cc(-c2ccc(Nc3ccc4c(c3)C(C)(C)c3cc(C)ccc3-4)cc2)ccc1C.C=CCCC. The molecule has 0 radical (unpaired) electrons. The molecule has 0 bridgehead atoms. The van der Waals surface area contributed by atoms with Gasteiger partial charge in [0.15, 0.2) is 0 Å². The van der Waals surface area contributed by atoms with Crippen molar-refractivity contribution in [2.24, 2.45) is 0 Å². The third-order valence-corrected chi connectivity index (χ3v) is 7.52. The van der Waals surface area contributed by atoms with Gasteiger partial charge in [0.05, 0.1) is 0 Å². The zero-order valence-electron chi connectivity index (χ0n) is 24.1. The molecule has 0 spiro atoms. The van der Waals surface area contributed by atoms with Crippen molar-refractivity contribution in [3.8, 4) is 22.3 Å². The summed E-state index contributed by atoms with van der Waals surface area (Å²) in [6.07, 6.45) is 10.2. The Morgan fingerprint density at radius 2 is 1.38 bits per heavy atom. The van der Waals surface area contributed by atoms with Gasteiger partial charge in [0.1, 0.15) is 0 Å². The maximum absolute atomic E-state index is 3.78. The Morgan fingerprint density at radius 3 is 2.03 bits per heavy atom. The third-order valence-electron chi connectivity index (χ3n) is 7.52. The highest BCUT2D eigenvalue weighted by atomic mass is 14.9. The lowest BCUT2D eigenvalue weighted by Gasteiger charge is -2.22. The average molecular weight is 512 g/mol. The molecule has 1 aliphatic carbocycles. The van der Waals surface area contributed by atoms with Gasteiger partial charge in [0.25, 0.3) is 0 Å². The van der Waals surface area contributed by atoms with Crippen LogP contribution in [0.1, 0.15) is 61.4 Å². The Labute approximate surface area is 235 Å². The number of rotatable bonds is 7. The molecule has 0 aromatic heterocycles. The highest BCUT2D eigenvalue weighted by Crippen LogP contribution is 2.49. The molecule has 0 atom stereocenters. The molecule has 5 rings (SSSR count). The van der Waals surface area contributed by atoms with Crippen LogP contribution in [0.5, 0.6) is 0 Å². The normalized spacial score (nSPS) is 12.7. The third kappa shape index (κ3) is 6.15. The van der Waals surface area contributed by atoms with Gasteiger partial charge in [0, 0.05) is 16.8 Å². The van der Waals surface area contributed by atoms with Crippen LogP contribution in [0.3, 0.4) is 0 Å². The van der Waals surface area contributed by atoms with Crippen LogP contribution in [0.4, 0.5) is 11.4 Å². The zero-order valence-corrected chi connectivity index (χ0v) is 24.1. The Hall–Kier alpha value is -4.10. The van der Waals surface area contributed by atoms with Crippen molar-refractivity contribution in [1.29, 1.82) is 0 Å². The second kappa shape index (κ2) is 12.2. The number of benzene rings is 4. The van der Waals surface area contributed by atoms with Gasteiger partial charge in [-0.15, -0.1) is 6.58 Å². The molecule has 4 aromatic rings. The molecular weight excluding hydrogens is 470 g/mol. The molecule has 0 amide bonds. The Morgan fingerprint density at radius 1 is 0.744 bits per heavy atom. The first-order chi connectivity index (χ1) is 18.8. The summed E-state index contributed by atoms with van der Waals surface area (Å²) < 4.78 is 0. The summed E-state index contributed by atoms with van der Waals surface area (Å²) in [4.78, 5) is 0. The average Bonchev–Trinajstić information content (AvgIpc) is 3.15. The van der Waals surface area contributed by atoms with Crippen molar-refractivity contribution in [1.82, 2.24) is 0 Å². The molecule has 0 aliphatic heterocycles. The van der Waals surface area contributed by atoms with Gasteiger partial charge < -0.3 is 5.32 Å². The van der Waals surface area contributed by atoms with Crippen LogP contribution < -0.4 is 5.32 Å². The van der Waals surface area contributed by atoms with E-state index in [1.165, 1.54) is 56.5 Å². The van der Waals surface area contributed by atoms with Crippen molar-refractivity contribution < 1.29 is 0 Å². The summed E-state index contributed by atoms with van der Waals surface area (Å²) in [5.41, 5.74) is 13.9. The Balaban J connectivity index is 0.000000648. The van der Waals surface area contributed by atoms with Gasteiger partial charge in [-0.3, -0.25) is 0 Å². The standard InChI is InChI=1S/C33H31N.C5H10/c1-6-7-8-25-20-26(11-10-23(25)3)24-12-14-27(15-13-24)34-28-16-18-30-29-17-9-22(2)19-31(29)33(4,5)32(30)21-28;1-3-5-4-2/h6-21,34H,1H2,2-5H3;3H,1,4-5H2,2H3/b8-7-;. The van der Waals surface area contributed by atoms with Crippen molar-refractivity contribution in [3.05, 3.63) is 138 Å². The molecule has 0 heterocycles. The first-order valence-corrected chi connectivity index (χ1v) is 13.9. The lowest BCUT2D eigenvalue weighted by molar-refractivity contribution is 0.660. The first-order valence-electron chi connectivity index (χ1n) is 13.9. The first kappa shape index (κ1) is 27.9. The maximum atomic E-state index is 3.78. The fraction of sp³-hybridized carbons (Fsp3) is 0.211. The zero-order chi connectivity index (χ0) is 28.0. The molecule has 0 saturated carbocycles. The Kier molecular flexibility index (Phi) is 8.72. The van der Waals surface area contributed by atoms with E-state index >= 15 is 0 Å². The van der Waals surface area contributed by atoms with E-state index in [2.05, 4.69) is 138 Å². The van der Waals surface area contributed by atoms with Crippen LogP contribution in [0.2, 0.25) is 0 Å².